The number of hydrogen-bond acceptors (Lipinski definition) is 2. The molecule has 0 aromatic carbocycles. The van der Waals surface area contributed by atoms with E-state index in [1.54, 1.807) is 12.4 Å². The first-order valence-corrected chi connectivity index (χ1v) is 5.53. The van der Waals surface area contributed by atoms with E-state index < -0.39 is 0 Å². The molecule has 1 atom stereocenters. The van der Waals surface area contributed by atoms with Crippen molar-refractivity contribution in [3.8, 4) is 0 Å². The Hall–Kier alpha value is -0.830. The molecule has 0 radical (unpaired) electrons. The Bertz CT molecular complexity index is 327. The van der Waals surface area contributed by atoms with Gasteiger partial charge in [-0.25, -0.2) is 4.98 Å². The molecule has 3 nitrogen and oxygen atoms in total. The van der Waals surface area contributed by atoms with Crippen LogP contribution in [0.4, 0.5) is 0 Å². The summed E-state index contributed by atoms with van der Waals surface area (Å²) in [5.74, 6) is 1.25. The van der Waals surface area contributed by atoms with Gasteiger partial charge in [-0.15, -0.1) is 0 Å². The molecule has 2 rings (SSSR count). The molecule has 0 aliphatic heterocycles. The number of rotatable bonds is 3. The maximum Gasteiger partial charge on any atom is 0.108 e. The second-order valence-electron chi connectivity index (χ2n) is 5.73. The maximum absolute atomic E-state index is 10.2. The van der Waals surface area contributed by atoms with Gasteiger partial charge in [0.1, 0.15) is 5.82 Å². The molecule has 84 valence electrons. The van der Waals surface area contributed by atoms with E-state index in [1.165, 1.54) is 0 Å². The summed E-state index contributed by atoms with van der Waals surface area (Å²) in [5, 5.41) is 10.2. The van der Waals surface area contributed by atoms with Crippen molar-refractivity contribution in [3.05, 3.63) is 18.2 Å². The number of aromatic nitrogens is 2. The Kier molecular flexibility index (Phi) is 2.19. The molecule has 1 fully saturated rings. The van der Waals surface area contributed by atoms with E-state index in [-0.39, 0.29) is 16.9 Å². The molecule has 3 heteroatoms. The highest BCUT2D eigenvalue weighted by molar-refractivity contribution is 5.15. The van der Waals surface area contributed by atoms with E-state index in [1.807, 2.05) is 0 Å². The molecule has 1 aliphatic rings. The predicted molar refractivity (Wildman–Crippen MR) is 59.4 cm³/mol. The second-order valence-corrected chi connectivity index (χ2v) is 5.73. The van der Waals surface area contributed by atoms with Crippen LogP contribution in [0.25, 0.3) is 0 Å². The van der Waals surface area contributed by atoms with Crippen molar-refractivity contribution in [2.45, 2.75) is 40.2 Å². The third-order valence-corrected chi connectivity index (χ3v) is 4.47. The smallest absolute Gasteiger partial charge is 0.108 e. The minimum absolute atomic E-state index is 0.235. The Morgan fingerprint density at radius 1 is 1.40 bits per heavy atom. The number of aromatic amines is 1. The number of aliphatic hydroxyl groups is 1. The van der Waals surface area contributed by atoms with E-state index in [9.17, 15) is 5.11 Å². The molecule has 1 unspecified atom stereocenters. The number of aliphatic hydroxyl groups excluding tert-OH is 1. The van der Waals surface area contributed by atoms with Crippen molar-refractivity contribution in [3.63, 3.8) is 0 Å². The van der Waals surface area contributed by atoms with Crippen molar-refractivity contribution < 1.29 is 5.11 Å². The van der Waals surface area contributed by atoms with Crippen LogP contribution in [0.5, 0.6) is 0 Å². The van der Waals surface area contributed by atoms with Crippen molar-refractivity contribution in [2.75, 3.05) is 0 Å². The van der Waals surface area contributed by atoms with Gasteiger partial charge in [-0.1, -0.05) is 27.7 Å². The van der Waals surface area contributed by atoms with Crippen molar-refractivity contribution in [1.82, 2.24) is 9.97 Å². The van der Waals surface area contributed by atoms with Crippen LogP contribution in [0.15, 0.2) is 12.4 Å². The van der Waals surface area contributed by atoms with Crippen LogP contribution >= 0.6 is 0 Å². The quantitative estimate of drug-likeness (QED) is 0.798. The summed E-state index contributed by atoms with van der Waals surface area (Å²) >= 11 is 0. The molecule has 1 heterocycles. The molecule has 15 heavy (non-hydrogen) atoms. The molecular formula is C12H20N2O. The summed E-state index contributed by atoms with van der Waals surface area (Å²) in [4.78, 5) is 7.18. The molecule has 1 aromatic rings. The van der Waals surface area contributed by atoms with Crippen LogP contribution in [-0.4, -0.2) is 21.2 Å². The van der Waals surface area contributed by atoms with Gasteiger partial charge < -0.3 is 10.1 Å². The van der Waals surface area contributed by atoms with Gasteiger partial charge in [0.15, 0.2) is 0 Å². The highest BCUT2D eigenvalue weighted by atomic mass is 16.3. The number of nitrogens with one attached hydrogen (secondary N) is 1. The minimum Gasteiger partial charge on any atom is -0.392 e. The molecular weight excluding hydrogens is 188 g/mol. The fraction of sp³-hybridized carbons (Fsp3) is 0.750. The first-order chi connectivity index (χ1) is 6.87. The van der Waals surface area contributed by atoms with Gasteiger partial charge in [0.05, 0.1) is 6.10 Å². The highest BCUT2D eigenvalue weighted by Gasteiger charge is 2.66. The number of imidazole rings is 1. The average Bonchev–Trinajstić information content (AvgIpc) is 2.53. The van der Waals surface area contributed by atoms with Crippen LogP contribution in [0.1, 0.15) is 33.5 Å². The van der Waals surface area contributed by atoms with Crippen LogP contribution in [0.2, 0.25) is 0 Å². The third kappa shape index (κ3) is 1.49. The number of nitrogens with zero attached hydrogens (tertiary/aromatic N) is 1. The lowest BCUT2D eigenvalue weighted by atomic mass is 10.0. The van der Waals surface area contributed by atoms with Gasteiger partial charge in [0.2, 0.25) is 0 Å². The van der Waals surface area contributed by atoms with E-state index in [0.29, 0.717) is 12.3 Å². The predicted octanol–water partition coefficient (Wildman–Crippen LogP) is 2.00. The first kappa shape index (κ1) is 10.7. The zero-order chi connectivity index (χ0) is 11.3. The van der Waals surface area contributed by atoms with E-state index in [4.69, 9.17) is 0 Å². The maximum atomic E-state index is 10.2. The lowest BCUT2D eigenvalue weighted by Gasteiger charge is -2.10. The topological polar surface area (TPSA) is 48.9 Å². The fourth-order valence-corrected chi connectivity index (χ4v) is 2.93. The largest absolute Gasteiger partial charge is 0.392 e. The normalized spacial score (nSPS) is 25.1. The standard InChI is InChI=1S/C12H20N2O/c1-11(2)10(12(11,3)4)8(15)7-9-13-5-6-14-9/h5-6,8,10,15H,7H2,1-4H3,(H,13,14). The van der Waals surface area contributed by atoms with E-state index in [2.05, 4.69) is 37.7 Å². The molecule has 0 saturated heterocycles. The van der Waals surface area contributed by atoms with Crippen LogP contribution in [0, 0.1) is 16.7 Å². The second kappa shape index (κ2) is 3.08. The zero-order valence-electron chi connectivity index (χ0n) is 9.91. The van der Waals surface area contributed by atoms with Gasteiger partial charge in [0, 0.05) is 18.8 Å². The van der Waals surface area contributed by atoms with Gasteiger partial charge in [-0.3, -0.25) is 0 Å². The van der Waals surface area contributed by atoms with E-state index >= 15 is 0 Å². The van der Waals surface area contributed by atoms with Gasteiger partial charge in [-0.2, -0.15) is 0 Å². The third-order valence-electron chi connectivity index (χ3n) is 4.47. The molecule has 1 aromatic heterocycles. The van der Waals surface area contributed by atoms with E-state index in [0.717, 1.165) is 5.82 Å². The summed E-state index contributed by atoms with van der Waals surface area (Å²) in [6, 6.07) is 0. The van der Waals surface area contributed by atoms with Crippen LogP contribution in [0.3, 0.4) is 0 Å². The monoisotopic (exact) mass is 208 g/mol. The highest BCUT2D eigenvalue weighted by Crippen LogP contribution is 2.69. The summed E-state index contributed by atoms with van der Waals surface area (Å²) in [6.45, 7) is 8.90. The van der Waals surface area contributed by atoms with Crippen molar-refractivity contribution in [1.29, 1.82) is 0 Å². The van der Waals surface area contributed by atoms with Crippen molar-refractivity contribution in [2.24, 2.45) is 16.7 Å². The number of H-pyrrole nitrogens is 1. The first-order valence-electron chi connectivity index (χ1n) is 5.53. The molecule has 0 bridgehead atoms. The summed E-state index contributed by atoms with van der Waals surface area (Å²) in [5.41, 5.74) is 0.470. The van der Waals surface area contributed by atoms with Gasteiger partial charge >= 0.3 is 0 Å². The van der Waals surface area contributed by atoms with Gasteiger partial charge in [0.25, 0.3) is 0 Å². The molecule has 2 N–H and O–H groups in total. The minimum atomic E-state index is -0.291. The average molecular weight is 208 g/mol. The number of hydrogen-bond donors (Lipinski definition) is 2. The molecule has 0 spiro atoms. The Morgan fingerprint density at radius 3 is 2.40 bits per heavy atom. The van der Waals surface area contributed by atoms with Crippen LogP contribution < -0.4 is 0 Å². The van der Waals surface area contributed by atoms with Gasteiger partial charge in [-0.05, 0) is 16.7 Å². The lowest BCUT2D eigenvalue weighted by molar-refractivity contribution is 0.127. The van der Waals surface area contributed by atoms with Crippen LogP contribution in [-0.2, 0) is 6.42 Å². The molecule has 1 aliphatic carbocycles. The molecule has 1 saturated carbocycles. The zero-order valence-corrected chi connectivity index (χ0v) is 9.91. The van der Waals surface area contributed by atoms with Crippen molar-refractivity contribution >= 4 is 0 Å². The Morgan fingerprint density at radius 2 is 2.00 bits per heavy atom. The lowest BCUT2D eigenvalue weighted by Crippen LogP contribution is -2.18. The summed E-state index contributed by atoms with van der Waals surface area (Å²) in [7, 11) is 0. The molecule has 0 amide bonds. The Balaban J connectivity index is 2.02. The summed E-state index contributed by atoms with van der Waals surface area (Å²) < 4.78 is 0. The fourth-order valence-electron chi connectivity index (χ4n) is 2.93. The summed E-state index contributed by atoms with van der Waals surface area (Å²) in [6.07, 6.45) is 3.86. The SMILES string of the molecule is CC1(C)C(C(O)Cc2ncc[nH]2)C1(C)C. The Labute approximate surface area is 90.9 Å².